The van der Waals surface area contributed by atoms with Crippen molar-refractivity contribution in [2.45, 2.75) is 44.6 Å². The zero-order valence-corrected chi connectivity index (χ0v) is 9.24. The Labute approximate surface area is 86.0 Å². The summed E-state index contributed by atoms with van der Waals surface area (Å²) in [5, 5.41) is 3.73. The Morgan fingerprint density at radius 1 is 1.08 bits per heavy atom. The minimum absolute atomic E-state index is 0.840. The lowest BCUT2D eigenvalue weighted by molar-refractivity contribution is 0.331. The molecule has 1 aliphatic carbocycles. The maximum atomic E-state index is 3.73. The maximum Gasteiger partial charge on any atom is 0.0166 e. The molecule has 1 atom stereocenters. The Morgan fingerprint density at radius 2 is 1.92 bits per heavy atom. The third-order valence-corrected chi connectivity index (χ3v) is 4.51. The molecule has 1 saturated carbocycles. The largest absolute Gasteiger partial charge is 0.313 e. The Hall–Kier alpha value is 0.310. The SMILES string of the molecule is C1CCC(CNC2CCSC2)CC1. The Morgan fingerprint density at radius 3 is 2.62 bits per heavy atom. The van der Waals surface area contributed by atoms with Gasteiger partial charge in [-0.15, -0.1) is 0 Å². The average Bonchev–Trinajstić information content (AvgIpc) is 2.69. The van der Waals surface area contributed by atoms with Crippen molar-refractivity contribution < 1.29 is 0 Å². The molecular formula is C11H21NS. The van der Waals surface area contributed by atoms with Crippen LogP contribution in [0.1, 0.15) is 38.5 Å². The molecule has 0 aromatic carbocycles. The number of nitrogens with one attached hydrogen (secondary N) is 1. The Kier molecular flexibility index (Phi) is 3.98. The van der Waals surface area contributed by atoms with E-state index in [-0.39, 0.29) is 0 Å². The molecule has 0 aromatic rings. The molecule has 0 amide bonds. The van der Waals surface area contributed by atoms with Gasteiger partial charge in [0.1, 0.15) is 0 Å². The number of thioether (sulfide) groups is 1. The monoisotopic (exact) mass is 199 g/mol. The molecule has 1 unspecified atom stereocenters. The van der Waals surface area contributed by atoms with E-state index in [9.17, 15) is 0 Å². The van der Waals surface area contributed by atoms with Crippen LogP contribution in [0.5, 0.6) is 0 Å². The van der Waals surface area contributed by atoms with E-state index in [1.54, 1.807) is 0 Å². The number of hydrogen-bond donors (Lipinski definition) is 1. The molecule has 0 spiro atoms. The lowest BCUT2D eigenvalue weighted by atomic mass is 9.89. The fourth-order valence-corrected chi connectivity index (χ4v) is 3.61. The van der Waals surface area contributed by atoms with Gasteiger partial charge in [-0.25, -0.2) is 0 Å². The van der Waals surface area contributed by atoms with E-state index in [1.807, 2.05) is 0 Å². The lowest BCUT2D eigenvalue weighted by Crippen LogP contribution is -2.33. The van der Waals surface area contributed by atoms with E-state index >= 15 is 0 Å². The topological polar surface area (TPSA) is 12.0 Å². The predicted molar refractivity (Wildman–Crippen MR) is 60.3 cm³/mol. The van der Waals surface area contributed by atoms with Gasteiger partial charge in [-0.1, -0.05) is 19.3 Å². The fraction of sp³-hybridized carbons (Fsp3) is 1.00. The van der Waals surface area contributed by atoms with Gasteiger partial charge in [-0.05, 0) is 37.5 Å². The molecule has 1 N–H and O–H groups in total. The zero-order chi connectivity index (χ0) is 8.93. The average molecular weight is 199 g/mol. The van der Waals surface area contributed by atoms with Crippen LogP contribution in [0.2, 0.25) is 0 Å². The van der Waals surface area contributed by atoms with E-state index in [1.165, 1.54) is 56.6 Å². The van der Waals surface area contributed by atoms with Gasteiger partial charge in [0.25, 0.3) is 0 Å². The van der Waals surface area contributed by atoms with Crippen LogP contribution in [-0.4, -0.2) is 24.1 Å². The number of rotatable bonds is 3. The Bertz CT molecular complexity index is 137. The van der Waals surface area contributed by atoms with E-state index < -0.39 is 0 Å². The van der Waals surface area contributed by atoms with Crippen molar-refractivity contribution in [2.75, 3.05) is 18.1 Å². The third kappa shape index (κ3) is 3.17. The summed E-state index contributed by atoms with van der Waals surface area (Å²) in [5.41, 5.74) is 0. The van der Waals surface area contributed by atoms with Gasteiger partial charge in [0, 0.05) is 11.8 Å². The summed E-state index contributed by atoms with van der Waals surface area (Å²) in [6.45, 7) is 1.30. The van der Waals surface area contributed by atoms with Crippen LogP contribution in [0.15, 0.2) is 0 Å². The molecule has 2 heteroatoms. The summed E-state index contributed by atoms with van der Waals surface area (Å²) in [6.07, 6.45) is 8.80. The van der Waals surface area contributed by atoms with E-state index in [0.29, 0.717) is 0 Å². The molecule has 0 bridgehead atoms. The molecule has 76 valence electrons. The second-order valence-corrected chi connectivity index (χ2v) is 5.62. The molecule has 1 aliphatic heterocycles. The Balaban J connectivity index is 1.60. The van der Waals surface area contributed by atoms with Crippen molar-refractivity contribution in [3.8, 4) is 0 Å². The molecule has 2 fully saturated rings. The minimum atomic E-state index is 0.840. The van der Waals surface area contributed by atoms with E-state index in [4.69, 9.17) is 0 Å². The van der Waals surface area contributed by atoms with Crippen LogP contribution in [0.4, 0.5) is 0 Å². The lowest BCUT2D eigenvalue weighted by Gasteiger charge is -2.23. The highest BCUT2D eigenvalue weighted by Gasteiger charge is 2.18. The molecule has 13 heavy (non-hydrogen) atoms. The van der Waals surface area contributed by atoms with E-state index in [2.05, 4.69) is 17.1 Å². The summed E-state index contributed by atoms with van der Waals surface area (Å²) in [7, 11) is 0. The fourth-order valence-electron chi connectivity index (χ4n) is 2.42. The molecule has 2 aliphatic rings. The van der Waals surface area contributed by atoms with Crippen molar-refractivity contribution >= 4 is 11.8 Å². The van der Waals surface area contributed by atoms with Crippen molar-refractivity contribution in [3.05, 3.63) is 0 Å². The highest BCUT2D eigenvalue weighted by Crippen LogP contribution is 2.24. The van der Waals surface area contributed by atoms with Gasteiger partial charge in [0.05, 0.1) is 0 Å². The molecule has 1 nitrogen and oxygen atoms in total. The summed E-state index contributed by atoms with van der Waals surface area (Å²) in [5.74, 6) is 3.73. The summed E-state index contributed by atoms with van der Waals surface area (Å²) >= 11 is 2.11. The first-order valence-corrected chi connectivity index (χ1v) is 6.92. The van der Waals surface area contributed by atoms with Crippen molar-refractivity contribution in [1.29, 1.82) is 0 Å². The maximum absolute atomic E-state index is 3.73. The molecule has 1 saturated heterocycles. The van der Waals surface area contributed by atoms with Gasteiger partial charge in [-0.2, -0.15) is 11.8 Å². The molecule has 1 heterocycles. The summed E-state index contributed by atoms with van der Waals surface area (Å²) < 4.78 is 0. The van der Waals surface area contributed by atoms with Crippen molar-refractivity contribution in [2.24, 2.45) is 5.92 Å². The van der Waals surface area contributed by atoms with Crippen LogP contribution in [0, 0.1) is 5.92 Å². The van der Waals surface area contributed by atoms with Crippen LogP contribution < -0.4 is 5.32 Å². The second kappa shape index (κ2) is 5.26. The van der Waals surface area contributed by atoms with Gasteiger partial charge >= 0.3 is 0 Å². The summed E-state index contributed by atoms with van der Waals surface area (Å²) in [4.78, 5) is 0. The van der Waals surface area contributed by atoms with Gasteiger partial charge in [0.15, 0.2) is 0 Å². The zero-order valence-electron chi connectivity index (χ0n) is 8.43. The number of hydrogen-bond acceptors (Lipinski definition) is 2. The molecule has 0 radical (unpaired) electrons. The van der Waals surface area contributed by atoms with Crippen LogP contribution in [0.25, 0.3) is 0 Å². The van der Waals surface area contributed by atoms with Gasteiger partial charge in [-0.3, -0.25) is 0 Å². The first-order valence-electron chi connectivity index (χ1n) is 5.76. The minimum Gasteiger partial charge on any atom is -0.313 e. The quantitative estimate of drug-likeness (QED) is 0.750. The molecular weight excluding hydrogens is 178 g/mol. The van der Waals surface area contributed by atoms with Crippen molar-refractivity contribution in [1.82, 2.24) is 5.32 Å². The van der Waals surface area contributed by atoms with Crippen molar-refractivity contribution in [3.63, 3.8) is 0 Å². The van der Waals surface area contributed by atoms with Crippen LogP contribution in [-0.2, 0) is 0 Å². The predicted octanol–water partition coefficient (Wildman–Crippen LogP) is 2.66. The highest BCUT2D eigenvalue weighted by atomic mass is 32.2. The highest BCUT2D eigenvalue weighted by molar-refractivity contribution is 7.99. The van der Waals surface area contributed by atoms with Crippen LogP contribution in [0.3, 0.4) is 0 Å². The van der Waals surface area contributed by atoms with Crippen LogP contribution >= 0.6 is 11.8 Å². The molecule has 0 aromatic heterocycles. The van der Waals surface area contributed by atoms with E-state index in [0.717, 1.165) is 12.0 Å². The summed E-state index contributed by atoms with van der Waals surface area (Å²) in [6, 6.07) is 0.840. The van der Waals surface area contributed by atoms with Gasteiger partial charge < -0.3 is 5.32 Å². The third-order valence-electron chi connectivity index (χ3n) is 3.35. The first-order chi connectivity index (χ1) is 6.45. The first kappa shape index (κ1) is 9.85. The second-order valence-electron chi connectivity index (χ2n) is 4.47. The normalized spacial score (nSPS) is 30.9. The van der Waals surface area contributed by atoms with Gasteiger partial charge in [0.2, 0.25) is 0 Å². The molecule has 2 rings (SSSR count). The smallest absolute Gasteiger partial charge is 0.0166 e. The standard InChI is InChI=1S/C11H21NS/c1-2-4-10(5-3-1)8-12-11-6-7-13-9-11/h10-12H,1-9H2.